The first-order valence-electron chi connectivity index (χ1n) is 8.14. The Balaban J connectivity index is 1.47. The molecule has 0 saturated heterocycles. The molecule has 1 aliphatic rings. The van der Waals surface area contributed by atoms with Gasteiger partial charge in [-0.3, -0.25) is 15.1 Å². The maximum atomic E-state index is 11.6. The average Bonchev–Trinajstić information content (AvgIpc) is 3.45. The molecule has 0 aliphatic heterocycles. The summed E-state index contributed by atoms with van der Waals surface area (Å²) in [5.41, 5.74) is 2.06. The van der Waals surface area contributed by atoms with Gasteiger partial charge in [-0.15, -0.1) is 0 Å². The Labute approximate surface area is 141 Å². The summed E-state index contributed by atoms with van der Waals surface area (Å²) >= 11 is 0. The third kappa shape index (κ3) is 4.96. The number of hydrogen-bond acceptors (Lipinski definition) is 4. The van der Waals surface area contributed by atoms with E-state index in [-0.39, 0.29) is 11.7 Å². The van der Waals surface area contributed by atoms with Crippen molar-refractivity contribution < 1.29 is 14.7 Å². The number of benzene rings is 2. The van der Waals surface area contributed by atoms with Crippen molar-refractivity contribution in [3.63, 3.8) is 0 Å². The van der Waals surface area contributed by atoms with Crippen LogP contribution in [0.15, 0.2) is 66.9 Å². The summed E-state index contributed by atoms with van der Waals surface area (Å²) in [4.78, 5) is 11.6. The lowest BCUT2D eigenvalue weighted by atomic mass is 10.2. The van der Waals surface area contributed by atoms with Gasteiger partial charge in [0.25, 0.3) is 0 Å². The van der Waals surface area contributed by atoms with Gasteiger partial charge >= 0.3 is 0 Å². The molecule has 124 valence electrons. The molecular formula is C20H21NO3. The second-order valence-corrected chi connectivity index (χ2v) is 6.01. The van der Waals surface area contributed by atoms with E-state index in [2.05, 4.69) is 0 Å². The number of carbonyl (C=O) groups excluding carboxylic acids is 1. The standard InChI is InChI=1S/C20H21NO3/c22-20(18-8-9-18)12-13-21(23)14-16-6-10-19(11-7-16)24-15-17-4-2-1-3-5-17/h1-7,10-13,18,23H,8-9,14-15H2/b13-12+. The van der Waals surface area contributed by atoms with Crippen LogP contribution in [-0.4, -0.2) is 16.1 Å². The maximum Gasteiger partial charge on any atom is 0.160 e. The monoisotopic (exact) mass is 323 g/mol. The van der Waals surface area contributed by atoms with Crippen molar-refractivity contribution in [2.24, 2.45) is 5.92 Å². The Morgan fingerprint density at radius 3 is 2.46 bits per heavy atom. The molecule has 1 saturated carbocycles. The van der Waals surface area contributed by atoms with E-state index in [1.54, 1.807) is 0 Å². The normalized spacial score (nSPS) is 13.9. The quantitative estimate of drug-likeness (QED) is 0.590. The molecule has 24 heavy (non-hydrogen) atoms. The molecule has 0 amide bonds. The molecular weight excluding hydrogens is 302 g/mol. The van der Waals surface area contributed by atoms with Gasteiger partial charge in [-0.2, -0.15) is 0 Å². The van der Waals surface area contributed by atoms with E-state index < -0.39 is 0 Å². The van der Waals surface area contributed by atoms with Crippen LogP contribution < -0.4 is 4.74 Å². The van der Waals surface area contributed by atoms with Gasteiger partial charge in [-0.05, 0) is 42.2 Å². The third-order valence-electron chi connectivity index (χ3n) is 3.91. The fourth-order valence-electron chi connectivity index (χ4n) is 2.34. The van der Waals surface area contributed by atoms with E-state index in [0.29, 0.717) is 13.2 Å². The number of hydrogen-bond donors (Lipinski definition) is 1. The van der Waals surface area contributed by atoms with E-state index >= 15 is 0 Å². The van der Waals surface area contributed by atoms with Crippen molar-refractivity contribution >= 4 is 5.78 Å². The van der Waals surface area contributed by atoms with Gasteiger partial charge in [0.05, 0.1) is 6.54 Å². The number of ether oxygens (including phenoxy) is 1. The first kappa shape index (κ1) is 16.3. The molecule has 0 aromatic heterocycles. The predicted octanol–water partition coefficient (Wildman–Crippen LogP) is 3.95. The Hall–Kier alpha value is -2.59. The molecule has 0 spiro atoms. The molecule has 1 fully saturated rings. The second kappa shape index (κ2) is 7.79. The highest BCUT2D eigenvalue weighted by Gasteiger charge is 2.27. The first-order valence-corrected chi connectivity index (χ1v) is 8.14. The molecule has 3 rings (SSSR count). The number of carbonyl (C=O) groups is 1. The van der Waals surface area contributed by atoms with Crippen LogP contribution in [0.4, 0.5) is 0 Å². The van der Waals surface area contributed by atoms with Crippen molar-refractivity contribution in [2.45, 2.75) is 26.0 Å². The van der Waals surface area contributed by atoms with Gasteiger partial charge in [0.15, 0.2) is 5.78 Å². The fourth-order valence-corrected chi connectivity index (χ4v) is 2.34. The highest BCUT2D eigenvalue weighted by Crippen LogP contribution is 2.30. The van der Waals surface area contributed by atoms with Gasteiger partial charge < -0.3 is 4.74 Å². The molecule has 0 unspecified atom stereocenters. The molecule has 0 bridgehead atoms. The lowest BCUT2D eigenvalue weighted by Gasteiger charge is -2.12. The number of nitrogens with zero attached hydrogens (tertiary/aromatic N) is 1. The Bertz CT molecular complexity index is 691. The minimum Gasteiger partial charge on any atom is -0.489 e. The van der Waals surface area contributed by atoms with Crippen molar-refractivity contribution in [3.8, 4) is 5.75 Å². The van der Waals surface area contributed by atoms with Gasteiger partial charge in [0.2, 0.25) is 0 Å². The van der Waals surface area contributed by atoms with Gasteiger partial charge in [-0.1, -0.05) is 42.5 Å². The summed E-state index contributed by atoms with van der Waals surface area (Å²) in [5.74, 6) is 1.06. The molecule has 4 nitrogen and oxygen atoms in total. The molecule has 0 atom stereocenters. The Kier molecular flexibility index (Phi) is 5.29. The molecule has 1 aliphatic carbocycles. The largest absolute Gasteiger partial charge is 0.489 e. The van der Waals surface area contributed by atoms with Gasteiger partial charge in [-0.25, -0.2) is 0 Å². The van der Waals surface area contributed by atoms with Crippen molar-refractivity contribution in [2.75, 3.05) is 0 Å². The average molecular weight is 323 g/mol. The Morgan fingerprint density at radius 2 is 1.79 bits per heavy atom. The first-order chi connectivity index (χ1) is 11.7. The maximum absolute atomic E-state index is 11.6. The van der Waals surface area contributed by atoms with Crippen LogP contribution in [0.2, 0.25) is 0 Å². The summed E-state index contributed by atoms with van der Waals surface area (Å²) in [6.45, 7) is 0.853. The molecule has 0 heterocycles. The van der Waals surface area contributed by atoms with Crippen LogP contribution in [0.25, 0.3) is 0 Å². The fraction of sp³-hybridized carbons (Fsp3) is 0.250. The summed E-state index contributed by atoms with van der Waals surface area (Å²) < 4.78 is 5.73. The number of rotatable bonds is 8. The molecule has 2 aromatic carbocycles. The lowest BCUT2D eigenvalue weighted by Crippen LogP contribution is -2.12. The van der Waals surface area contributed by atoms with E-state index in [9.17, 15) is 10.0 Å². The zero-order valence-electron chi connectivity index (χ0n) is 13.5. The molecule has 2 aromatic rings. The van der Waals surface area contributed by atoms with Crippen LogP contribution in [0, 0.1) is 5.92 Å². The van der Waals surface area contributed by atoms with Crippen LogP contribution in [0.5, 0.6) is 5.75 Å². The summed E-state index contributed by atoms with van der Waals surface area (Å²) in [5, 5.41) is 10.9. The smallest absolute Gasteiger partial charge is 0.160 e. The lowest BCUT2D eigenvalue weighted by molar-refractivity contribution is -0.116. The van der Waals surface area contributed by atoms with Crippen LogP contribution in [-0.2, 0) is 17.9 Å². The minimum atomic E-state index is 0.0960. The highest BCUT2D eigenvalue weighted by molar-refractivity contribution is 5.93. The van der Waals surface area contributed by atoms with Crippen LogP contribution in [0.3, 0.4) is 0 Å². The van der Waals surface area contributed by atoms with Crippen LogP contribution in [0.1, 0.15) is 24.0 Å². The predicted molar refractivity (Wildman–Crippen MR) is 91.4 cm³/mol. The molecule has 0 radical (unpaired) electrons. The molecule has 4 heteroatoms. The SMILES string of the molecule is O=C(/C=C/N(O)Cc1ccc(OCc2ccccc2)cc1)C1CC1. The van der Waals surface area contributed by atoms with E-state index in [0.717, 1.165) is 34.8 Å². The summed E-state index contributed by atoms with van der Waals surface area (Å²) in [6, 6.07) is 17.6. The molecule has 1 N–H and O–H groups in total. The van der Waals surface area contributed by atoms with Gasteiger partial charge in [0, 0.05) is 12.1 Å². The van der Waals surface area contributed by atoms with E-state index in [4.69, 9.17) is 4.74 Å². The number of ketones is 1. The van der Waals surface area contributed by atoms with Crippen LogP contribution >= 0.6 is 0 Å². The van der Waals surface area contributed by atoms with Crippen molar-refractivity contribution in [3.05, 3.63) is 78.0 Å². The van der Waals surface area contributed by atoms with E-state index in [1.165, 1.54) is 12.3 Å². The zero-order chi connectivity index (χ0) is 16.8. The Morgan fingerprint density at radius 1 is 1.08 bits per heavy atom. The topological polar surface area (TPSA) is 49.8 Å². The zero-order valence-corrected chi connectivity index (χ0v) is 13.5. The van der Waals surface area contributed by atoms with E-state index in [1.807, 2.05) is 54.6 Å². The summed E-state index contributed by atoms with van der Waals surface area (Å²) in [7, 11) is 0. The highest BCUT2D eigenvalue weighted by atomic mass is 16.5. The number of hydroxylamine groups is 2. The second-order valence-electron chi connectivity index (χ2n) is 6.01. The third-order valence-corrected chi connectivity index (χ3v) is 3.91. The summed E-state index contributed by atoms with van der Waals surface area (Å²) in [6.07, 6.45) is 4.83. The van der Waals surface area contributed by atoms with Gasteiger partial charge in [0.1, 0.15) is 12.4 Å². The number of allylic oxidation sites excluding steroid dienone is 1. The van der Waals surface area contributed by atoms with Crippen molar-refractivity contribution in [1.29, 1.82) is 0 Å². The minimum absolute atomic E-state index is 0.0960. The van der Waals surface area contributed by atoms with Crippen molar-refractivity contribution in [1.82, 2.24) is 5.06 Å².